The number of aryl methyl sites for hydroxylation is 1. The molecule has 14 heteroatoms. The number of benzene rings is 1. The van der Waals surface area contributed by atoms with Crippen molar-refractivity contribution in [1.29, 1.82) is 0 Å². The topological polar surface area (TPSA) is 126 Å². The zero-order chi connectivity index (χ0) is 31.8. The van der Waals surface area contributed by atoms with E-state index < -0.39 is 35.0 Å². The molecule has 3 aromatic heterocycles. The predicted molar refractivity (Wildman–Crippen MR) is 166 cm³/mol. The Morgan fingerprint density at radius 1 is 1.18 bits per heavy atom. The molecule has 1 amide bonds. The number of para-hydroxylation sites is 1. The first kappa shape index (κ1) is 31.5. The Hall–Kier alpha value is -3.88. The van der Waals surface area contributed by atoms with Crippen molar-refractivity contribution < 1.29 is 18.7 Å². The third-order valence-corrected chi connectivity index (χ3v) is 9.08. The van der Waals surface area contributed by atoms with Crippen molar-refractivity contribution in [2.45, 2.75) is 65.0 Å². The van der Waals surface area contributed by atoms with Crippen LogP contribution in [0.15, 0.2) is 46.2 Å². The van der Waals surface area contributed by atoms with Crippen LogP contribution in [0, 0.1) is 6.92 Å². The van der Waals surface area contributed by atoms with Crippen LogP contribution in [0.1, 0.15) is 44.9 Å². The highest BCUT2D eigenvalue weighted by Crippen LogP contribution is 2.34. The third kappa shape index (κ3) is 5.93. The van der Waals surface area contributed by atoms with E-state index >= 15 is 0 Å². The number of hydrogen-bond donors (Lipinski definition) is 1. The molecule has 236 valence electrons. The van der Waals surface area contributed by atoms with Crippen LogP contribution in [0.4, 0.5) is 4.39 Å². The number of methoxy groups -OCH3 is 1. The molecule has 0 unspecified atom stereocenters. The van der Waals surface area contributed by atoms with Gasteiger partial charge in [-0.3, -0.25) is 19.1 Å². The van der Waals surface area contributed by atoms with E-state index in [9.17, 15) is 18.8 Å². The van der Waals surface area contributed by atoms with Crippen LogP contribution in [0.25, 0.3) is 15.2 Å². The van der Waals surface area contributed by atoms with Gasteiger partial charge in [0.2, 0.25) is 5.91 Å². The van der Waals surface area contributed by atoms with Crippen molar-refractivity contribution in [2.75, 3.05) is 33.4 Å². The minimum Gasteiger partial charge on any atom is -0.496 e. The monoisotopic (exact) mass is 627 g/mol. The summed E-state index contributed by atoms with van der Waals surface area (Å²) in [5.41, 5.74) is -1.46. The van der Waals surface area contributed by atoms with E-state index in [1.165, 1.54) is 33.1 Å². The Morgan fingerprint density at radius 2 is 1.86 bits per heavy atom. The Morgan fingerprint density at radius 3 is 2.50 bits per heavy atom. The SMILES string of the molecule is COc1ccccc1[C@H](Cn1c(=O)n(C(C)(C)C(=O)NC(C)C)c(=O)c2c(C)c(-n3nccn3)sc21)OCCN1CC(F)C1. The number of carbonyl (C=O) groups is 1. The van der Waals surface area contributed by atoms with Crippen molar-refractivity contribution in [3.63, 3.8) is 0 Å². The molecular formula is C30H38FN7O5S. The largest absolute Gasteiger partial charge is 0.496 e. The summed E-state index contributed by atoms with van der Waals surface area (Å²) in [6.07, 6.45) is 1.55. The normalized spacial score (nSPS) is 15.1. The minimum absolute atomic E-state index is 0.00946. The van der Waals surface area contributed by atoms with Crippen LogP contribution in [-0.4, -0.2) is 80.5 Å². The number of thiophene rings is 1. The molecule has 1 saturated heterocycles. The second-order valence-electron chi connectivity index (χ2n) is 11.7. The predicted octanol–water partition coefficient (Wildman–Crippen LogP) is 2.79. The number of nitrogens with one attached hydrogen (secondary N) is 1. The summed E-state index contributed by atoms with van der Waals surface area (Å²) in [7, 11) is 1.56. The fourth-order valence-electron chi connectivity index (χ4n) is 5.39. The van der Waals surface area contributed by atoms with Crippen molar-refractivity contribution >= 4 is 27.5 Å². The number of amides is 1. The Labute approximate surface area is 258 Å². The molecule has 0 spiro atoms. The van der Waals surface area contributed by atoms with E-state index in [0.717, 1.165) is 4.57 Å². The van der Waals surface area contributed by atoms with Gasteiger partial charge >= 0.3 is 5.69 Å². The van der Waals surface area contributed by atoms with Gasteiger partial charge in [0, 0.05) is 36.8 Å². The fourth-order valence-corrected chi connectivity index (χ4v) is 6.61. The van der Waals surface area contributed by atoms with Gasteiger partial charge in [-0.1, -0.05) is 29.5 Å². The second kappa shape index (κ2) is 12.6. The van der Waals surface area contributed by atoms with Gasteiger partial charge in [-0.25, -0.2) is 13.8 Å². The zero-order valence-electron chi connectivity index (χ0n) is 25.7. The van der Waals surface area contributed by atoms with Crippen molar-refractivity contribution in [1.82, 2.24) is 34.3 Å². The Kier molecular flexibility index (Phi) is 9.05. The maximum atomic E-state index is 14.4. The summed E-state index contributed by atoms with van der Waals surface area (Å²) < 4.78 is 28.0. The average Bonchev–Trinajstić information content (AvgIpc) is 3.61. The van der Waals surface area contributed by atoms with E-state index in [1.807, 2.05) is 43.0 Å². The Balaban J connectivity index is 1.68. The molecule has 1 aromatic carbocycles. The van der Waals surface area contributed by atoms with Gasteiger partial charge in [0.05, 0.1) is 38.0 Å². The number of carbonyl (C=O) groups excluding carboxylic acids is 1. The van der Waals surface area contributed by atoms with Crippen LogP contribution >= 0.6 is 11.3 Å². The van der Waals surface area contributed by atoms with Gasteiger partial charge in [0.25, 0.3) is 5.56 Å². The molecule has 0 radical (unpaired) electrons. The van der Waals surface area contributed by atoms with Gasteiger partial charge in [0.15, 0.2) is 0 Å². The summed E-state index contributed by atoms with van der Waals surface area (Å²) in [4.78, 5) is 45.7. The summed E-state index contributed by atoms with van der Waals surface area (Å²) >= 11 is 1.21. The first-order valence-corrected chi connectivity index (χ1v) is 15.3. The summed E-state index contributed by atoms with van der Waals surface area (Å²) in [6.45, 7) is 10.0. The number of hydrogen-bond acceptors (Lipinski definition) is 9. The van der Waals surface area contributed by atoms with E-state index in [1.54, 1.807) is 27.9 Å². The lowest BCUT2D eigenvalue weighted by molar-refractivity contribution is -0.129. The zero-order valence-corrected chi connectivity index (χ0v) is 26.6. The highest BCUT2D eigenvalue weighted by Gasteiger charge is 2.36. The van der Waals surface area contributed by atoms with Crippen LogP contribution in [0.2, 0.25) is 0 Å². The third-order valence-electron chi connectivity index (χ3n) is 7.80. The van der Waals surface area contributed by atoms with Gasteiger partial charge < -0.3 is 14.8 Å². The van der Waals surface area contributed by atoms with Gasteiger partial charge in [-0.15, -0.1) is 4.80 Å². The number of alkyl halides is 1. The first-order valence-electron chi connectivity index (χ1n) is 14.5. The highest BCUT2D eigenvalue weighted by molar-refractivity contribution is 7.21. The van der Waals surface area contributed by atoms with Crippen LogP contribution in [-0.2, 0) is 21.6 Å². The molecule has 1 fully saturated rings. The standard InChI is InChI=1S/C30H38FN7O5S/c1-18(2)34-28(40)30(4,5)37-25(39)24-19(3)26(38-32-11-12-33-38)44-27(24)36(29(37)41)17-23(21-9-7-8-10-22(21)42-6)43-14-13-35-15-20(31)16-35/h7-12,18,20,23H,13-17H2,1-6H3,(H,34,40)/t23-/m0/s1. The van der Waals surface area contributed by atoms with Crippen LogP contribution in [0.5, 0.6) is 5.75 Å². The molecule has 4 heterocycles. The maximum Gasteiger partial charge on any atom is 0.333 e. The second-order valence-corrected chi connectivity index (χ2v) is 12.7. The lowest BCUT2D eigenvalue weighted by atomic mass is 10.0. The van der Waals surface area contributed by atoms with E-state index in [0.29, 0.717) is 51.7 Å². The summed E-state index contributed by atoms with van der Waals surface area (Å²) in [6, 6.07) is 7.16. The number of nitrogens with zero attached hydrogens (tertiary/aromatic N) is 6. The Bertz CT molecular complexity index is 1760. The first-order chi connectivity index (χ1) is 20.9. The molecule has 0 saturated carbocycles. The van der Waals surface area contributed by atoms with Gasteiger partial charge in [-0.2, -0.15) is 10.2 Å². The lowest BCUT2D eigenvalue weighted by Gasteiger charge is -2.34. The van der Waals surface area contributed by atoms with E-state index in [4.69, 9.17) is 9.47 Å². The summed E-state index contributed by atoms with van der Waals surface area (Å²) in [5, 5.41) is 12.2. The van der Waals surface area contributed by atoms with Crippen LogP contribution in [0.3, 0.4) is 0 Å². The molecule has 0 aliphatic carbocycles. The molecule has 1 atom stereocenters. The van der Waals surface area contributed by atoms with Crippen molar-refractivity contribution in [3.8, 4) is 10.8 Å². The molecule has 44 heavy (non-hydrogen) atoms. The molecule has 1 N–H and O–H groups in total. The summed E-state index contributed by atoms with van der Waals surface area (Å²) in [5.74, 6) is 0.112. The lowest BCUT2D eigenvalue weighted by Crippen LogP contribution is -2.56. The van der Waals surface area contributed by atoms with Gasteiger partial charge in [0.1, 0.15) is 33.4 Å². The number of halogens is 1. The molecule has 12 nitrogen and oxygen atoms in total. The highest BCUT2D eigenvalue weighted by atomic mass is 32.1. The van der Waals surface area contributed by atoms with Gasteiger partial charge in [-0.05, 0) is 40.7 Å². The quantitative estimate of drug-likeness (QED) is 0.254. The maximum absolute atomic E-state index is 14.4. The minimum atomic E-state index is -1.52. The molecule has 5 rings (SSSR count). The number of fused-ring (bicyclic) bond motifs is 1. The number of ether oxygens (including phenoxy) is 2. The number of likely N-dealkylation sites (tertiary alicyclic amines) is 1. The molecule has 1 aliphatic heterocycles. The smallest absolute Gasteiger partial charge is 0.333 e. The van der Waals surface area contributed by atoms with E-state index in [-0.39, 0.29) is 19.2 Å². The van der Waals surface area contributed by atoms with Crippen molar-refractivity contribution in [3.05, 3.63) is 68.6 Å². The van der Waals surface area contributed by atoms with Crippen LogP contribution < -0.4 is 21.3 Å². The molecular weight excluding hydrogens is 589 g/mol. The molecule has 4 aromatic rings. The fraction of sp³-hybridized carbons (Fsp3) is 0.500. The van der Waals surface area contributed by atoms with Crippen molar-refractivity contribution in [2.24, 2.45) is 0 Å². The molecule has 0 bridgehead atoms. The average molecular weight is 628 g/mol. The van der Waals surface area contributed by atoms with E-state index in [2.05, 4.69) is 15.5 Å². The number of aromatic nitrogens is 5. The number of rotatable bonds is 12. The molecule has 1 aliphatic rings.